The molecule has 0 aliphatic carbocycles. The molecule has 0 spiro atoms. The van der Waals surface area contributed by atoms with E-state index in [-0.39, 0.29) is 5.97 Å². The fourth-order valence-electron chi connectivity index (χ4n) is 1.24. The fourth-order valence-corrected chi connectivity index (χ4v) is 1.24. The molecule has 0 saturated carbocycles. The average Bonchev–Trinajstić information content (AvgIpc) is 2.29. The highest BCUT2D eigenvalue weighted by atomic mass is 16.5. The molecule has 0 aliphatic heterocycles. The number of ether oxygens (including phenoxy) is 1. The molecule has 0 unspecified atom stereocenters. The Hall–Kier alpha value is -1.05. The first kappa shape index (κ1) is 14.9. The molecule has 0 aromatic rings. The van der Waals surface area contributed by atoms with Crippen molar-refractivity contribution in [3.05, 3.63) is 24.3 Å². The summed E-state index contributed by atoms with van der Waals surface area (Å²) in [5, 5.41) is 0. The maximum Gasteiger partial charge on any atom is 0.306 e. The van der Waals surface area contributed by atoms with Crippen LogP contribution < -0.4 is 0 Å². The summed E-state index contributed by atoms with van der Waals surface area (Å²) in [6, 6.07) is 0. The molecule has 0 radical (unpaired) electrons. The van der Waals surface area contributed by atoms with Crippen LogP contribution >= 0.6 is 0 Å². The highest BCUT2D eigenvalue weighted by Gasteiger charge is 2.02. The van der Waals surface area contributed by atoms with Gasteiger partial charge in [-0.3, -0.25) is 4.79 Å². The molecule has 0 amide bonds. The predicted molar refractivity (Wildman–Crippen MR) is 68.3 cm³/mol. The predicted octanol–water partition coefficient (Wildman–Crippen LogP) is 4.02. The van der Waals surface area contributed by atoms with Crippen LogP contribution in [0.4, 0.5) is 0 Å². The van der Waals surface area contributed by atoms with Crippen LogP contribution in [0.25, 0.3) is 0 Å². The minimum absolute atomic E-state index is 0.109. The van der Waals surface area contributed by atoms with Crippen molar-refractivity contribution in [2.24, 2.45) is 0 Å². The monoisotopic (exact) mass is 224 g/mol. The first-order valence-corrected chi connectivity index (χ1v) is 6.20. The summed E-state index contributed by atoms with van der Waals surface area (Å²) in [6.45, 7) is 8.64. The van der Waals surface area contributed by atoms with Crippen molar-refractivity contribution in [3.8, 4) is 0 Å². The molecule has 0 aromatic carbocycles. The summed E-state index contributed by atoms with van der Waals surface area (Å²) in [4.78, 5) is 11.3. The number of rotatable bonds is 9. The molecule has 0 bridgehead atoms. The molecule has 0 aliphatic rings. The van der Waals surface area contributed by atoms with E-state index in [1.807, 2.05) is 6.08 Å². The molecule has 0 heterocycles. The maximum atomic E-state index is 11.3. The van der Waals surface area contributed by atoms with Gasteiger partial charge in [0.05, 0.1) is 6.61 Å². The van der Waals surface area contributed by atoms with E-state index in [0.29, 0.717) is 19.4 Å². The van der Waals surface area contributed by atoms with Gasteiger partial charge in [-0.15, -0.1) is 0 Å². The molecule has 0 atom stereocenters. The lowest BCUT2D eigenvalue weighted by Crippen LogP contribution is -2.05. The molecule has 92 valence electrons. The van der Waals surface area contributed by atoms with Gasteiger partial charge in [0.1, 0.15) is 0 Å². The third-order valence-electron chi connectivity index (χ3n) is 2.25. The second kappa shape index (κ2) is 10.5. The zero-order valence-corrected chi connectivity index (χ0v) is 10.6. The molecule has 0 saturated heterocycles. The van der Waals surface area contributed by atoms with Gasteiger partial charge in [0.15, 0.2) is 0 Å². The zero-order valence-electron chi connectivity index (χ0n) is 10.6. The first-order valence-electron chi connectivity index (χ1n) is 6.20. The van der Waals surface area contributed by atoms with E-state index in [2.05, 4.69) is 26.5 Å². The van der Waals surface area contributed by atoms with Gasteiger partial charge in [0, 0.05) is 6.42 Å². The number of hydrogen-bond acceptors (Lipinski definition) is 2. The molecule has 2 nitrogen and oxygen atoms in total. The van der Waals surface area contributed by atoms with Gasteiger partial charge in [-0.25, -0.2) is 0 Å². The molecule has 0 aromatic heterocycles. The van der Waals surface area contributed by atoms with E-state index >= 15 is 0 Å². The second-order valence-electron chi connectivity index (χ2n) is 3.90. The Morgan fingerprint density at radius 1 is 1.25 bits per heavy atom. The maximum absolute atomic E-state index is 11.3. The van der Waals surface area contributed by atoms with Crippen LogP contribution in [-0.2, 0) is 9.53 Å². The largest absolute Gasteiger partial charge is 0.466 e. The van der Waals surface area contributed by atoms with Crippen molar-refractivity contribution < 1.29 is 9.53 Å². The Kier molecular flexibility index (Phi) is 9.78. The Balaban J connectivity index is 3.49. The minimum Gasteiger partial charge on any atom is -0.466 e. The van der Waals surface area contributed by atoms with Crippen molar-refractivity contribution in [3.63, 3.8) is 0 Å². The molecular weight excluding hydrogens is 200 g/mol. The number of allylic oxidation sites excluding steroid dienone is 3. The quantitative estimate of drug-likeness (QED) is 0.336. The van der Waals surface area contributed by atoms with Crippen LogP contribution in [0.1, 0.15) is 52.4 Å². The van der Waals surface area contributed by atoms with Crippen LogP contribution in [0, 0.1) is 0 Å². The Morgan fingerprint density at radius 2 is 2.00 bits per heavy atom. The summed E-state index contributed by atoms with van der Waals surface area (Å²) in [5.41, 5.74) is 0.993. The van der Waals surface area contributed by atoms with E-state index in [1.54, 1.807) is 0 Å². The minimum atomic E-state index is -0.109. The standard InChI is InChI=1S/C14H24O2/c1-4-6-8-12-16-14(15)11-10-13(3)9-7-5-2/h7,9H,3-6,8,10-12H2,1-2H3. The summed E-state index contributed by atoms with van der Waals surface area (Å²) in [5.74, 6) is -0.109. The van der Waals surface area contributed by atoms with Gasteiger partial charge in [0.2, 0.25) is 0 Å². The lowest BCUT2D eigenvalue weighted by atomic mass is 10.1. The topological polar surface area (TPSA) is 26.3 Å². The fraction of sp³-hybridized carbons (Fsp3) is 0.643. The number of esters is 1. The average molecular weight is 224 g/mol. The van der Waals surface area contributed by atoms with Gasteiger partial charge in [0.25, 0.3) is 0 Å². The van der Waals surface area contributed by atoms with E-state index < -0.39 is 0 Å². The van der Waals surface area contributed by atoms with Crippen molar-refractivity contribution in [2.75, 3.05) is 6.61 Å². The van der Waals surface area contributed by atoms with Crippen LogP contribution in [0.15, 0.2) is 24.3 Å². The van der Waals surface area contributed by atoms with E-state index in [9.17, 15) is 4.79 Å². The van der Waals surface area contributed by atoms with Gasteiger partial charge >= 0.3 is 5.97 Å². The van der Waals surface area contributed by atoms with Crippen LogP contribution in [0.3, 0.4) is 0 Å². The van der Waals surface area contributed by atoms with Gasteiger partial charge in [-0.05, 0) is 19.3 Å². The molecular formula is C14H24O2. The lowest BCUT2D eigenvalue weighted by Gasteiger charge is -2.04. The third-order valence-corrected chi connectivity index (χ3v) is 2.25. The van der Waals surface area contributed by atoms with E-state index in [0.717, 1.165) is 31.3 Å². The summed E-state index contributed by atoms with van der Waals surface area (Å²) in [6.07, 6.45) is 9.41. The van der Waals surface area contributed by atoms with Gasteiger partial charge in [-0.2, -0.15) is 0 Å². The van der Waals surface area contributed by atoms with Crippen molar-refractivity contribution in [1.29, 1.82) is 0 Å². The third kappa shape index (κ3) is 9.50. The number of unbranched alkanes of at least 4 members (excludes halogenated alkanes) is 2. The summed E-state index contributed by atoms with van der Waals surface area (Å²) < 4.78 is 5.09. The van der Waals surface area contributed by atoms with Crippen LogP contribution in [-0.4, -0.2) is 12.6 Å². The lowest BCUT2D eigenvalue weighted by molar-refractivity contribution is -0.143. The normalized spacial score (nSPS) is 10.6. The van der Waals surface area contributed by atoms with Crippen molar-refractivity contribution in [2.45, 2.75) is 52.4 Å². The zero-order chi connectivity index (χ0) is 12.2. The first-order chi connectivity index (χ1) is 7.70. The second-order valence-corrected chi connectivity index (χ2v) is 3.90. The van der Waals surface area contributed by atoms with E-state index in [1.165, 1.54) is 0 Å². The SMILES string of the molecule is C=C(C=CCC)CCC(=O)OCCCCC. The number of carbonyl (C=O) groups is 1. The number of hydrogen-bond donors (Lipinski definition) is 0. The van der Waals surface area contributed by atoms with Crippen molar-refractivity contribution >= 4 is 5.97 Å². The van der Waals surface area contributed by atoms with Gasteiger partial charge < -0.3 is 4.74 Å². The van der Waals surface area contributed by atoms with E-state index in [4.69, 9.17) is 4.74 Å². The Morgan fingerprint density at radius 3 is 2.62 bits per heavy atom. The van der Waals surface area contributed by atoms with Crippen LogP contribution in [0.2, 0.25) is 0 Å². The smallest absolute Gasteiger partial charge is 0.306 e. The summed E-state index contributed by atoms with van der Waals surface area (Å²) >= 11 is 0. The summed E-state index contributed by atoms with van der Waals surface area (Å²) in [7, 11) is 0. The molecule has 2 heteroatoms. The molecule has 0 N–H and O–H groups in total. The molecule has 0 fully saturated rings. The van der Waals surface area contributed by atoms with Gasteiger partial charge in [-0.1, -0.05) is 51.0 Å². The Bertz CT molecular complexity index is 229. The van der Waals surface area contributed by atoms with Crippen molar-refractivity contribution in [1.82, 2.24) is 0 Å². The highest BCUT2D eigenvalue weighted by molar-refractivity contribution is 5.69. The van der Waals surface area contributed by atoms with Crippen LogP contribution in [0.5, 0.6) is 0 Å². The molecule has 16 heavy (non-hydrogen) atoms. The Labute approximate surface area is 99.4 Å². The molecule has 0 rings (SSSR count). The highest BCUT2D eigenvalue weighted by Crippen LogP contribution is 2.06. The number of carbonyl (C=O) groups excluding carboxylic acids is 1.